The molecule has 2 N–H and O–H groups in total. The highest BCUT2D eigenvalue weighted by Gasteiger charge is 2.21. The minimum Gasteiger partial charge on any atom is -0.479 e. The van der Waals surface area contributed by atoms with Crippen molar-refractivity contribution in [2.45, 2.75) is 44.8 Å². The molecule has 33 heavy (non-hydrogen) atoms. The summed E-state index contributed by atoms with van der Waals surface area (Å²) in [6, 6.07) is 27.6. The van der Waals surface area contributed by atoms with E-state index in [1.807, 2.05) is 84.9 Å². The van der Waals surface area contributed by atoms with E-state index < -0.39 is 12.1 Å². The Kier molecular flexibility index (Phi) is 9.21. The van der Waals surface area contributed by atoms with E-state index in [0.717, 1.165) is 28.7 Å². The van der Waals surface area contributed by atoms with Gasteiger partial charge in [-0.3, -0.25) is 4.79 Å². The minimum absolute atomic E-state index is 0.0164. The molecule has 0 saturated heterocycles. The molecule has 5 nitrogen and oxygen atoms in total. The molecule has 3 aromatic carbocycles. The molecule has 0 unspecified atom stereocenters. The number of ether oxygens (including phenoxy) is 1. The quantitative estimate of drug-likeness (QED) is 0.422. The van der Waals surface area contributed by atoms with E-state index in [1.54, 1.807) is 6.92 Å². The second-order valence-corrected chi connectivity index (χ2v) is 8.01. The van der Waals surface area contributed by atoms with Crippen LogP contribution in [0.15, 0.2) is 84.9 Å². The Morgan fingerprint density at radius 2 is 1.45 bits per heavy atom. The van der Waals surface area contributed by atoms with E-state index in [9.17, 15) is 14.7 Å². The molecule has 0 saturated carbocycles. The van der Waals surface area contributed by atoms with Crippen LogP contribution in [0.1, 0.15) is 41.5 Å². The van der Waals surface area contributed by atoms with Crippen LogP contribution in [0, 0.1) is 0 Å². The van der Waals surface area contributed by atoms with Gasteiger partial charge >= 0.3 is 5.97 Å². The largest absolute Gasteiger partial charge is 0.479 e. The van der Waals surface area contributed by atoms with Crippen LogP contribution in [0.4, 0.5) is 0 Å². The lowest BCUT2D eigenvalue weighted by Crippen LogP contribution is -2.29. The van der Waals surface area contributed by atoms with Gasteiger partial charge in [0.1, 0.15) is 0 Å². The molecule has 0 aliphatic carbocycles. The van der Waals surface area contributed by atoms with E-state index in [2.05, 4.69) is 5.32 Å². The van der Waals surface area contributed by atoms with Crippen LogP contribution in [-0.2, 0) is 33.7 Å². The topological polar surface area (TPSA) is 75.6 Å². The number of benzene rings is 3. The Bertz CT molecular complexity index is 1000. The molecule has 0 aliphatic heterocycles. The molecule has 172 valence electrons. The van der Waals surface area contributed by atoms with Crippen molar-refractivity contribution in [2.75, 3.05) is 6.61 Å². The lowest BCUT2D eigenvalue weighted by Gasteiger charge is -2.18. The van der Waals surface area contributed by atoms with Gasteiger partial charge in [0.15, 0.2) is 6.10 Å². The Labute approximate surface area is 195 Å². The third-order valence-corrected chi connectivity index (χ3v) is 5.64. The predicted molar refractivity (Wildman–Crippen MR) is 129 cm³/mol. The van der Waals surface area contributed by atoms with Crippen LogP contribution >= 0.6 is 0 Å². The van der Waals surface area contributed by atoms with Crippen molar-refractivity contribution in [3.05, 3.63) is 107 Å². The first-order valence-electron chi connectivity index (χ1n) is 11.4. The Morgan fingerprint density at radius 1 is 0.848 bits per heavy atom. The maximum absolute atomic E-state index is 13.1. The molecular weight excluding hydrogens is 414 g/mol. The Balaban J connectivity index is 1.63. The molecule has 0 aliphatic rings. The fourth-order valence-corrected chi connectivity index (χ4v) is 3.83. The highest BCUT2D eigenvalue weighted by molar-refractivity contribution is 5.83. The van der Waals surface area contributed by atoms with Crippen molar-refractivity contribution in [3.63, 3.8) is 0 Å². The lowest BCUT2D eigenvalue weighted by molar-refractivity contribution is -0.149. The number of carboxylic acid groups (broad SMARTS) is 1. The van der Waals surface area contributed by atoms with Gasteiger partial charge in [-0.05, 0) is 42.0 Å². The minimum atomic E-state index is -0.951. The summed E-state index contributed by atoms with van der Waals surface area (Å²) in [6.45, 7) is 2.66. The van der Waals surface area contributed by atoms with Gasteiger partial charge in [0, 0.05) is 19.6 Å². The molecule has 0 heterocycles. The average molecular weight is 446 g/mol. The maximum atomic E-state index is 13.1. The van der Waals surface area contributed by atoms with Gasteiger partial charge in [-0.15, -0.1) is 0 Å². The standard InChI is InChI=1S/C28H31NO4/c1-2-33-26(28(31)32)19-22-15-13-21(14-16-22)17-18-25(24-11-7-4-8-12-24)27(30)29-20-23-9-5-3-6-10-23/h3-16,25-26H,2,17-20H2,1H3,(H,29,30)(H,31,32)/t25-,26-/m0/s1. The van der Waals surface area contributed by atoms with Crippen molar-refractivity contribution in [2.24, 2.45) is 0 Å². The molecule has 3 aromatic rings. The molecule has 0 bridgehead atoms. The van der Waals surface area contributed by atoms with E-state index in [0.29, 0.717) is 26.0 Å². The summed E-state index contributed by atoms with van der Waals surface area (Å²) < 4.78 is 5.30. The summed E-state index contributed by atoms with van der Waals surface area (Å²) in [4.78, 5) is 24.4. The van der Waals surface area contributed by atoms with Crippen LogP contribution < -0.4 is 5.32 Å². The van der Waals surface area contributed by atoms with Crippen LogP contribution in [0.5, 0.6) is 0 Å². The molecular formula is C28H31NO4. The van der Waals surface area contributed by atoms with E-state index in [-0.39, 0.29) is 11.8 Å². The number of hydrogen-bond donors (Lipinski definition) is 2. The summed E-state index contributed by atoms with van der Waals surface area (Å²) in [5.74, 6) is -1.18. The van der Waals surface area contributed by atoms with Crippen LogP contribution in [0.3, 0.4) is 0 Å². The number of hydrogen-bond acceptors (Lipinski definition) is 3. The van der Waals surface area contributed by atoms with Gasteiger partial charge < -0.3 is 15.2 Å². The number of carboxylic acids is 1. The number of rotatable bonds is 12. The number of amides is 1. The second kappa shape index (κ2) is 12.6. The fourth-order valence-electron chi connectivity index (χ4n) is 3.83. The lowest BCUT2D eigenvalue weighted by atomic mass is 9.91. The molecule has 0 fully saturated rings. The maximum Gasteiger partial charge on any atom is 0.333 e. The van der Waals surface area contributed by atoms with Crippen LogP contribution in [0.2, 0.25) is 0 Å². The number of aryl methyl sites for hydroxylation is 1. The second-order valence-electron chi connectivity index (χ2n) is 8.01. The summed E-state index contributed by atoms with van der Waals surface area (Å²) in [5, 5.41) is 12.4. The molecule has 3 rings (SSSR count). The third-order valence-electron chi connectivity index (χ3n) is 5.64. The number of carbonyl (C=O) groups excluding carboxylic acids is 1. The fraction of sp³-hybridized carbons (Fsp3) is 0.286. The first-order chi connectivity index (χ1) is 16.1. The SMILES string of the molecule is CCO[C@@H](Cc1ccc(CC[C@H](C(=O)NCc2ccccc2)c2ccccc2)cc1)C(=O)O. The molecule has 2 atom stereocenters. The van der Waals surface area contributed by atoms with E-state index in [1.165, 1.54) is 0 Å². The Hall–Kier alpha value is -3.44. The molecule has 5 heteroatoms. The van der Waals surface area contributed by atoms with Crippen molar-refractivity contribution < 1.29 is 19.4 Å². The highest BCUT2D eigenvalue weighted by atomic mass is 16.5. The first kappa shape index (κ1) is 24.2. The summed E-state index contributed by atoms with van der Waals surface area (Å²) in [7, 11) is 0. The molecule has 1 amide bonds. The van der Waals surface area contributed by atoms with Gasteiger partial charge in [0.05, 0.1) is 5.92 Å². The summed E-state index contributed by atoms with van der Waals surface area (Å²) in [5.41, 5.74) is 4.10. The summed E-state index contributed by atoms with van der Waals surface area (Å²) in [6.07, 6.45) is 0.919. The Morgan fingerprint density at radius 3 is 2.06 bits per heavy atom. The average Bonchev–Trinajstić information content (AvgIpc) is 2.85. The number of nitrogens with one attached hydrogen (secondary N) is 1. The molecule has 0 radical (unpaired) electrons. The van der Waals surface area contributed by atoms with Gasteiger partial charge in [-0.25, -0.2) is 4.79 Å². The zero-order chi connectivity index (χ0) is 23.5. The normalized spacial score (nSPS) is 12.6. The van der Waals surface area contributed by atoms with Crippen molar-refractivity contribution >= 4 is 11.9 Å². The molecule has 0 spiro atoms. The van der Waals surface area contributed by atoms with Crippen molar-refractivity contribution in [1.29, 1.82) is 0 Å². The summed E-state index contributed by atoms with van der Waals surface area (Å²) >= 11 is 0. The van der Waals surface area contributed by atoms with Crippen molar-refractivity contribution in [3.8, 4) is 0 Å². The van der Waals surface area contributed by atoms with E-state index >= 15 is 0 Å². The van der Waals surface area contributed by atoms with Crippen molar-refractivity contribution in [1.82, 2.24) is 5.32 Å². The van der Waals surface area contributed by atoms with Crippen LogP contribution in [0.25, 0.3) is 0 Å². The predicted octanol–water partition coefficient (Wildman–Crippen LogP) is 4.75. The first-order valence-corrected chi connectivity index (χ1v) is 11.4. The van der Waals surface area contributed by atoms with Gasteiger partial charge in [-0.2, -0.15) is 0 Å². The number of carbonyl (C=O) groups is 2. The van der Waals surface area contributed by atoms with Gasteiger partial charge in [-0.1, -0.05) is 84.9 Å². The zero-order valence-corrected chi connectivity index (χ0v) is 18.9. The monoisotopic (exact) mass is 445 g/mol. The van der Waals surface area contributed by atoms with Gasteiger partial charge in [0.25, 0.3) is 0 Å². The zero-order valence-electron chi connectivity index (χ0n) is 18.9. The van der Waals surface area contributed by atoms with Gasteiger partial charge in [0.2, 0.25) is 5.91 Å². The smallest absolute Gasteiger partial charge is 0.333 e. The highest BCUT2D eigenvalue weighted by Crippen LogP contribution is 2.23. The third kappa shape index (κ3) is 7.58. The molecule has 0 aromatic heterocycles. The van der Waals surface area contributed by atoms with Crippen LogP contribution in [-0.4, -0.2) is 29.7 Å². The van der Waals surface area contributed by atoms with E-state index in [4.69, 9.17) is 4.74 Å². The number of aliphatic carboxylic acids is 1.